The van der Waals surface area contributed by atoms with Crippen LogP contribution in [0.3, 0.4) is 0 Å². The fraction of sp³-hybridized carbons (Fsp3) is 0.214. The van der Waals surface area contributed by atoms with Gasteiger partial charge in [0.05, 0.1) is 0 Å². The molecule has 0 aliphatic heterocycles. The molecule has 3 rings (SSSR count). The molecule has 3 aromatic rings. The highest BCUT2D eigenvalue weighted by molar-refractivity contribution is 6.29. The van der Waals surface area contributed by atoms with E-state index in [1.165, 1.54) is 4.52 Å². The summed E-state index contributed by atoms with van der Waals surface area (Å²) in [6.07, 6.45) is -0.474. The molecule has 0 amide bonds. The maximum Gasteiger partial charge on any atom is 0.444 e. The molecule has 0 atom stereocenters. The van der Waals surface area contributed by atoms with Crippen molar-refractivity contribution in [2.75, 3.05) is 0 Å². The molecule has 0 spiro atoms. The minimum absolute atomic E-state index is 0.393. The van der Waals surface area contributed by atoms with E-state index < -0.39 is 18.7 Å². The third kappa shape index (κ3) is 2.85. The van der Waals surface area contributed by atoms with E-state index in [1.54, 1.807) is 24.4 Å². The molecule has 0 unspecified atom stereocenters. The molecule has 3 aromatic heterocycles. The first-order valence-corrected chi connectivity index (χ1v) is 6.93. The summed E-state index contributed by atoms with van der Waals surface area (Å²) in [5.74, 6) is 0. The van der Waals surface area contributed by atoms with Gasteiger partial charge in [0.2, 0.25) is 0 Å². The Morgan fingerprint density at radius 1 is 1.32 bits per heavy atom. The van der Waals surface area contributed by atoms with Gasteiger partial charge in [0.15, 0.2) is 6.54 Å². The fourth-order valence-electron chi connectivity index (χ4n) is 2.31. The first kappa shape index (κ1) is 14.6. The number of hydrogen-bond donors (Lipinski definition) is 1. The van der Waals surface area contributed by atoms with E-state index in [-0.39, 0.29) is 0 Å². The predicted molar refractivity (Wildman–Crippen MR) is 76.3 cm³/mol. The minimum Gasteiger partial charge on any atom is -0.244 e. The van der Waals surface area contributed by atoms with Gasteiger partial charge in [0, 0.05) is 18.7 Å². The highest BCUT2D eigenvalue weighted by Gasteiger charge is 2.21. The molecule has 5 nitrogen and oxygen atoms in total. The minimum atomic E-state index is -2.60. The zero-order valence-corrected chi connectivity index (χ0v) is 12.1. The monoisotopic (exact) mass is 325 g/mol. The van der Waals surface area contributed by atoms with Crippen LogP contribution in [0, 0.1) is 0 Å². The lowest BCUT2D eigenvalue weighted by molar-refractivity contribution is -0.587. The highest BCUT2D eigenvalue weighted by atomic mass is 35.5. The molecule has 3 heterocycles. The van der Waals surface area contributed by atoms with Crippen LogP contribution in [0.25, 0.3) is 5.65 Å². The van der Waals surface area contributed by atoms with Crippen molar-refractivity contribution in [3.63, 3.8) is 0 Å². The zero-order chi connectivity index (χ0) is 15.7. The summed E-state index contributed by atoms with van der Waals surface area (Å²) in [6, 6.07) is 8.65. The SMILES string of the molecule is O=c1[nH][n+]2c(Cc3ccc(Cl)nc3)cccc2n1CC(F)F. The van der Waals surface area contributed by atoms with Crippen LogP contribution in [-0.2, 0) is 13.0 Å². The third-order valence-electron chi connectivity index (χ3n) is 3.27. The van der Waals surface area contributed by atoms with Crippen molar-refractivity contribution in [1.29, 1.82) is 0 Å². The molecular formula is C14H12ClF2N4O+. The van der Waals surface area contributed by atoms with Crippen molar-refractivity contribution in [2.24, 2.45) is 0 Å². The molecule has 0 radical (unpaired) electrons. The van der Waals surface area contributed by atoms with Gasteiger partial charge < -0.3 is 0 Å². The van der Waals surface area contributed by atoms with Gasteiger partial charge in [-0.15, -0.1) is 4.52 Å². The van der Waals surface area contributed by atoms with Crippen molar-refractivity contribution < 1.29 is 13.3 Å². The van der Waals surface area contributed by atoms with Gasteiger partial charge in [0.25, 0.3) is 6.43 Å². The number of rotatable bonds is 4. The molecule has 0 saturated carbocycles. The summed E-state index contributed by atoms with van der Waals surface area (Å²) in [6.45, 7) is -0.641. The molecule has 114 valence electrons. The maximum atomic E-state index is 12.6. The lowest BCUT2D eigenvalue weighted by atomic mass is 10.1. The molecule has 0 fully saturated rings. The Bertz CT molecular complexity index is 857. The summed E-state index contributed by atoms with van der Waals surface area (Å²) < 4.78 is 27.7. The van der Waals surface area contributed by atoms with Crippen LogP contribution >= 0.6 is 11.6 Å². The Morgan fingerprint density at radius 2 is 2.14 bits per heavy atom. The largest absolute Gasteiger partial charge is 0.444 e. The molecule has 8 heteroatoms. The van der Waals surface area contributed by atoms with Crippen LogP contribution in [0.15, 0.2) is 41.3 Å². The first-order chi connectivity index (χ1) is 10.5. The summed E-state index contributed by atoms with van der Waals surface area (Å²) in [4.78, 5) is 15.8. The lowest BCUT2D eigenvalue weighted by Gasteiger charge is -2.00. The van der Waals surface area contributed by atoms with Crippen LogP contribution in [0.5, 0.6) is 0 Å². The van der Waals surface area contributed by atoms with E-state index in [0.29, 0.717) is 17.2 Å². The number of alkyl halides is 2. The van der Waals surface area contributed by atoms with Crippen molar-refractivity contribution >= 4 is 17.2 Å². The number of fused-ring (bicyclic) bond motifs is 1. The Morgan fingerprint density at radius 3 is 2.82 bits per heavy atom. The van der Waals surface area contributed by atoms with E-state index >= 15 is 0 Å². The number of hydrogen-bond acceptors (Lipinski definition) is 2. The van der Waals surface area contributed by atoms with E-state index in [9.17, 15) is 13.6 Å². The predicted octanol–water partition coefficient (Wildman–Crippen LogP) is 1.82. The molecule has 0 aliphatic carbocycles. The van der Waals surface area contributed by atoms with Crippen LogP contribution < -0.4 is 10.2 Å². The smallest absolute Gasteiger partial charge is 0.244 e. The number of aromatic amines is 1. The second-order valence-electron chi connectivity index (χ2n) is 4.80. The van der Waals surface area contributed by atoms with Crippen molar-refractivity contribution in [3.05, 3.63) is 63.4 Å². The van der Waals surface area contributed by atoms with Gasteiger partial charge >= 0.3 is 11.3 Å². The van der Waals surface area contributed by atoms with Gasteiger partial charge in [-0.05, 0) is 17.7 Å². The highest BCUT2D eigenvalue weighted by Crippen LogP contribution is 2.09. The summed E-state index contributed by atoms with van der Waals surface area (Å²) in [7, 11) is 0. The number of halogens is 3. The fourth-order valence-corrected chi connectivity index (χ4v) is 2.43. The average molecular weight is 326 g/mol. The quantitative estimate of drug-likeness (QED) is 0.587. The number of nitrogens with one attached hydrogen (secondary N) is 1. The Kier molecular flexibility index (Phi) is 3.89. The Labute approximate surface area is 128 Å². The van der Waals surface area contributed by atoms with Crippen molar-refractivity contribution in [3.8, 4) is 0 Å². The maximum absolute atomic E-state index is 12.6. The average Bonchev–Trinajstić information content (AvgIpc) is 2.79. The van der Waals surface area contributed by atoms with E-state index in [0.717, 1.165) is 15.8 Å². The molecule has 0 saturated heterocycles. The van der Waals surface area contributed by atoms with E-state index in [4.69, 9.17) is 11.6 Å². The topological polar surface area (TPSA) is 54.8 Å². The Hall–Kier alpha value is -2.28. The van der Waals surface area contributed by atoms with Crippen molar-refractivity contribution in [1.82, 2.24) is 14.6 Å². The summed E-state index contributed by atoms with van der Waals surface area (Å²) in [5, 5.41) is 2.97. The third-order valence-corrected chi connectivity index (χ3v) is 3.50. The normalized spacial score (nSPS) is 11.5. The molecule has 0 bridgehead atoms. The zero-order valence-electron chi connectivity index (χ0n) is 11.3. The van der Waals surface area contributed by atoms with Crippen LogP contribution in [0.2, 0.25) is 5.15 Å². The number of H-pyrrole nitrogens is 1. The van der Waals surface area contributed by atoms with Gasteiger partial charge in [-0.2, -0.15) is 9.67 Å². The molecule has 0 aliphatic rings. The van der Waals surface area contributed by atoms with Gasteiger partial charge in [-0.25, -0.2) is 18.6 Å². The molecule has 1 N–H and O–H groups in total. The second-order valence-corrected chi connectivity index (χ2v) is 5.18. The van der Waals surface area contributed by atoms with Gasteiger partial charge in [-0.3, -0.25) is 0 Å². The number of aromatic nitrogens is 4. The summed E-state index contributed by atoms with van der Waals surface area (Å²) >= 11 is 5.74. The van der Waals surface area contributed by atoms with Crippen LogP contribution in [-0.4, -0.2) is 21.1 Å². The molecule has 0 aromatic carbocycles. The molecular weight excluding hydrogens is 314 g/mol. The second kappa shape index (κ2) is 5.84. The first-order valence-electron chi connectivity index (χ1n) is 6.55. The Balaban J connectivity index is 2.04. The summed E-state index contributed by atoms with van der Waals surface area (Å²) in [5.41, 5.74) is 1.48. The van der Waals surface area contributed by atoms with Crippen LogP contribution in [0.1, 0.15) is 11.3 Å². The lowest BCUT2D eigenvalue weighted by Crippen LogP contribution is -2.31. The number of pyridine rings is 2. The van der Waals surface area contributed by atoms with E-state index in [1.807, 2.05) is 12.1 Å². The van der Waals surface area contributed by atoms with E-state index in [2.05, 4.69) is 10.1 Å². The molecule has 22 heavy (non-hydrogen) atoms. The number of nitrogens with zero attached hydrogens (tertiary/aromatic N) is 3. The van der Waals surface area contributed by atoms with Gasteiger partial charge in [-0.1, -0.05) is 23.7 Å². The van der Waals surface area contributed by atoms with Crippen molar-refractivity contribution in [2.45, 2.75) is 19.4 Å². The van der Waals surface area contributed by atoms with Gasteiger partial charge in [0.1, 0.15) is 10.8 Å². The standard InChI is InChI=1S/C14H11ClF2N4O/c15-11-5-4-9(7-18-11)6-10-2-1-3-13-20(8-12(16)17)14(22)19-21(10)13/h1-5,7,12H,6,8H2/p+1. The van der Waals surface area contributed by atoms with Crippen LogP contribution in [0.4, 0.5) is 8.78 Å².